The zero-order chi connectivity index (χ0) is 13.7. The molecule has 0 bridgehead atoms. The van der Waals surface area contributed by atoms with Crippen LogP contribution in [-0.4, -0.2) is 5.60 Å². The first-order chi connectivity index (χ1) is 8.89. The lowest BCUT2D eigenvalue weighted by Gasteiger charge is -2.48. The van der Waals surface area contributed by atoms with Crippen molar-refractivity contribution in [2.75, 3.05) is 0 Å². The van der Waals surface area contributed by atoms with E-state index in [-0.39, 0.29) is 11.6 Å². The van der Waals surface area contributed by atoms with E-state index in [1.807, 2.05) is 18.2 Å². The molecule has 2 atom stereocenters. The number of halogens is 1. The molecule has 104 valence electrons. The SMILES string of the molecule is CC1(C)CCCC2(C[C@H](N)c3cc(Cl)ccc3O2)C1. The predicted octanol–water partition coefficient (Wildman–Crippen LogP) is 4.46. The molecule has 0 radical (unpaired) electrons. The van der Waals surface area contributed by atoms with E-state index >= 15 is 0 Å². The summed E-state index contributed by atoms with van der Waals surface area (Å²) in [4.78, 5) is 0. The van der Waals surface area contributed by atoms with Crippen LogP contribution in [0.5, 0.6) is 5.75 Å². The highest BCUT2D eigenvalue weighted by Crippen LogP contribution is 2.50. The molecule has 1 saturated carbocycles. The summed E-state index contributed by atoms with van der Waals surface area (Å²) in [5, 5.41) is 0.734. The molecule has 1 fully saturated rings. The third-order valence-corrected chi connectivity index (χ3v) is 4.81. The summed E-state index contributed by atoms with van der Waals surface area (Å²) in [5.74, 6) is 0.931. The monoisotopic (exact) mass is 279 g/mol. The van der Waals surface area contributed by atoms with Crippen molar-refractivity contribution < 1.29 is 4.74 Å². The van der Waals surface area contributed by atoms with Crippen molar-refractivity contribution in [1.82, 2.24) is 0 Å². The number of fused-ring (bicyclic) bond motifs is 1. The van der Waals surface area contributed by atoms with Crippen LogP contribution in [-0.2, 0) is 0 Å². The Kier molecular flexibility index (Phi) is 3.06. The topological polar surface area (TPSA) is 35.2 Å². The summed E-state index contributed by atoms with van der Waals surface area (Å²) < 4.78 is 6.38. The summed E-state index contributed by atoms with van der Waals surface area (Å²) in [5.41, 5.74) is 7.71. The molecular formula is C16H22ClNO. The maximum Gasteiger partial charge on any atom is 0.125 e. The van der Waals surface area contributed by atoms with Gasteiger partial charge >= 0.3 is 0 Å². The minimum atomic E-state index is -0.0675. The normalized spacial score (nSPS) is 32.7. The second kappa shape index (κ2) is 4.39. The number of ether oxygens (including phenoxy) is 1. The van der Waals surface area contributed by atoms with Crippen LogP contribution in [0, 0.1) is 5.41 Å². The van der Waals surface area contributed by atoms with Gasteiger partial charge in [-0.2, -0.15) is 0 Å². The largest absolute Gasteiger partial charge is 0.487 e. The van der Waals surface area contributed by atoms with E-state index in [4.69, 9.17) is 22.1 Å². The van der Waals surface area contributed by atoms with Gasteiger partial charge in [-0.3, -0.25) is 0 Å². The lowest BCUT2D eigenvalue weighted by atomic mass is 9.66. The molecule has 1 aromatic rings. The average Bonchev–Trinajstić information content (AvgIpc) is 2.29. The first-order valence-electron chi connectivity index (χ1n) is 7.13. The van der Waals surface area contributed by atoms with Gasteiger partial charge in [0.05, 0.1) is 0 Å². The minimum absolute atomic E-state index is 0.0383. The smallest absolute Gasteiger partial charge is 0.125 e. The third kappa shape index (κ3) is 2.48. The van der Waals surface area contributed by atoms with Gasteiger partial charge in [-0.15, -0.1) is 0 Å². The zero-order valence-electron chi connectivity index (χ0n) is 11.7. The van der Waals surface area contributed by atoms with Crippen LogP contribution in [0.2, 0.25) is 5.02 Å². The van der Waals surface area contributed by atoms with Gasteiger partial charge in [0.15, 0.2) is 0 Å². The number of benzene rings is 1. The van der Waals surface area contributed by atoms with Crippen molar-refractivity contribution in [2.24, 2.45) is 11.1 Å². The first kappa shape index (κ1) is 13.3. The van der Waals surface area contributed by atoms with E-state index in [1.54, 1.807) is 0 Å². The number of hydrogen-bond donors (Lipinski definition) is 1. The molecule has 1 aliphatic carbocycles. The fourth-order valence-electron chi connectivity index (χ4n) is 3.89. The summed E-state index contributed by atoms with van der Waals surface area (Å²) in [7, 11) is 0. The molecule has 1 aliphatic heterocycles. The van der Waals surface area contributed by atoms with Crippen molar-refractivity contribution in [1.29, 1.82) is 0 Å². The van der Waals surface area contributed by atoms with Gasteiger partial charge in [-0.05, 0) is 49.3 Å². The van der Waals surface area contributed by atoms with Crippen LogP contribution in [0.1, 0.15) is 57.6 Å². The molecule has 19 heavy (non-hydrogen) atoms. The molecule has 1 heterocycles. The number of rotatable bonds is 0. The molecule has 1 unspecified atom stereocenters. The van der Waals surface area contributed by atoms with Crippen LogP contribution in [0.4, 0.5) is 0 Å². The molecule has 2 aliphatic rings. The Labute approximate surface area is 120 Å². The standard InChI is InChI=1S/C16H22ClNO/c1-15(2)6-3-7-16(10-15)9-13(18)12-8-11(17)4-5-14(12)19-16/h4-5,8,13H,3,6-7,9-10,18H2,1-2H3/t13-,16?/m0/s1. The third-order valence-electron chi connectivity index (χ3n) is 4.58. The molecule has 2 nitrogen and oxygen atoms in total. The lowest BCUT2D eigenvalue weighted by Crippen LogP contribution is -2.48. The fourth-order valence-corrected chi connectivity index (χ4v) is 4.07. The van der Waals surface area contributed by atoms with Crippen molar-refractivity contribution in [3.8, 4) is 5.75 Å². The highest BCUT2D eigenvalue weighted by molar-refractivity contribution is 6.30. The molecule has 0 aromatic heterocycles. The van der Waals surface area contributed by atoms with E-state index in [0.717, 1.165) is 35.6 Å². The van der Waals surface area contributed by atoms with E-state index in [2.05, 4.69) is 13.8 Å². The van der Waals surface area contributed by atoms with Crippen LogP contribution in [0.25, 0.3) is 0 Å². The van der Waals surface area contributed by atoms with Crippen LogP contribution >= 0.6 is 11.6 Å². The van der Waals surface area contributed by atoms with Crippen molar-refractivity contribution >= 4 is 11.6 Å². The van der Waals surface area contributed by atoms with Crippen LogP contribution < -0.4 is 10.5 Å². The van der Waals surface area contributed by atoms with E-state index in [0.29, 0.717) is 5.41 Å². The first-order valence-corrected chi connectivity index (χ1v) is 7.51. The molecule has 0 saturated heterocycles. The van der Waals surface area contributed by atoms with E-state index in [9.17, 15) is 0 Å². The molecule has 0 amide bonds. The Bertz CT molecular complexity index is 500. The second-order valence-electron chi connectivity index (χ2n) is 6.97. The van der Waals surface area contributed by atoms with Gasteiger partial charge < -0.3 is 10.5 Å². The predicted molar refractivity (Wildman–Crippen MR) is 78.6 cm³/mol. The summed E-state index contributed by atoms with van der Waals surface area (Å²) in [6.45, 7) is 4.67. The summed E-state index contributed by atoms with van der Waals surface area (Å²) >= 11 is 6.05. The van der Waals surface area contributed by atoms with Crippen molar-refractivity contribution in [3.63, 3.8) is 0 Å². The molecule has 2 N–H and O–H groups in total. The molecule has 1 aromatic carbocycles. The Morgan fingerprint density at radius 2 is 2.11 bits per heavy atom. The lowest BCUT2D eigenvalue weighted by molar-refractivity contribution is -0.0385. The van der Waals surface area contributed by atoms with Gasteiger partial charge in [-0.25, -0.2) is 0 Å². The number of hydrogen-bond acceptors (Lipinski definition) is 2. The molecular weight excluding hydrogens is 258 g/mol. The van der Waals surface area contributed by atoms with E-state index < -0.39 is 0 Å². The highest BCUT2D eigenvalue weighted by atomic mass is 35.5. The van der Waals surface area contributed by atoms with E-state index in [1.165, 1.54) is 12.8 Å². The van der Waals surface area contributed by atoms with Gasteiger partial charge in [-0.1, -0.05) is 25.4 Å². The van der Waals surface area contributed by atoms with Gasteiger partial charge in [0.1, 0.15) is 11.4 Å². The summed E-state index contributed by atoms with van der Waals surface area (Å²) in [6.07, 6.45) is 5.62. The van der Waals surface area contributed by atoms with Gasteiger partial charge in [0, 0.05) is 23.0 Å². The minimum Gasteiger partial charge on any atom is -0.487 e. The maximum absolute atomic E-state index is 6.38. The van der Waals surface area contributed by atoms with Crippen molar-refractivity contribution in [2.45, 2.75) is 57.6 Å². The Morgan fingerprint density at radius 3 is 2.84 bits per heavy atom. The fraction of sp³-hybridized carbons (Fsp3) is 0.625. The van der Waals surface area contributed by atoms with Gasteiger partial charge in [0.25, 0.3) is 0 Å². The quantitative estimate of drug-likeness (QED) is 0.761. The van der Waals surface area contributed by atoms with Crippen molar-refractivity contribution in [3.05, 3.63) is 28.8 Å². The molecule has 3 heteroatoms. The average molecular weight is 280 g/mol. The Hall–Kier alpha value is -0.730. The maximum atomic E-state index is 6.38. The zero-order valence-corrected chi connectivity index (χ0v) is 12.5. The highest BCUT2D eigenvalue weighted by Gasteiger charge is 2.45. The Balaban J connectivity index is 1.94. The summed E-state index contributed by atoms with van der Waals surface area (Å²) in [6, 6.07) is 5.85. The van der Waals surface area contributed by atoms with Gasteiger partial charge in [0.2, 0.25) is 0 Å². The second-order valence-corrected chi connectivity index (χ2v) is 7.41. The number of nitrogens with two attached hydrogens (primary N) is 1. The van der Waals surface area contributed by atoms with Crippen LogP contribution in [0.3, 0.4) is 0 Å². The van der Waals surface area contributed by atoms with Crippen LogP contribution in [0.15, 0.2) is 18.2 Å². The molecule has 3 rings (SSSR count). The Morgan fingerprint density at radius 1 is 1.32 bits per heavy atom. The molecule has 1 spiro atoms.